The van der Waals surface area contributed by atoms with E-state index in [1.807, 2.05) is 6.92 Å². The van der Waals surface area contributed by atoms with Gasteiger partial charge in [0, 0.05) is 17.8 Å². The molecule has 0 radical (unpaired) electrons. The molecule has 1 aliphatic rings. The van der Waals surface area contributed by atoms with Crippen LogP contribution in [-0.4, -0.2) is 26.2 Å². The molecule has 1 aliphatic heterocycles. The highest BCUT2D eigenvalue weighted by Crippen LogP contribution is 2.34. The van der Waals surface area contributed by atoms with Crippen molar-refractivity contribution >= 4 is 11.6 Å². The molecule has 0 aromatic heterocycles. The lowest BCUT2D eigenvalue weighted by Gasteiger charge is -2.35. The van der Waals surface area contributed by atoms with Crippen LogP contribution in [0.1, 0.15) is 29.3 Å². The topological polar surface area (TPSA) is 38.8 Å². The number of anilines is 1. The average Bonchev–Trinajstić information content (AvgIpc) is 2.60. The van der Waals surface area contributed by atoms with E-state index in [1.54, 1.807) is 36.3 Å². The van der Waals surface area contributed by atoms with Gasteiger partial charge in [-0.1, -0.05) is 0 Å². The lowest BCUT2D eigenvalue weighted by molar-refractivity contribution is 0.0972. The number of hydrogen-bond acceptors (Lipinski definition) is 3. The Labute approximate surface area is 140 Å². The average molecular weight is 329 g/mol. The first-order valence-electron chi connectivity index (χ1n) is 7.89. The minimum absolute atomic E-state index is 0.0299. The fourth-order valence-electron chi connectivity index (χ4n) is 3.13. The number of aryl methyl sites for hydroxylation is 1. The quantitative estimate of drug-likeness (QED) is 0.859. The number of ether oxygens (including phenoxy) is 2. The van der Waals surface area contributed by atoms with Gasteiger partial charge in [-0.25, -0.2) is 4.39 Å². The standard InChI is InChI=1S/C19H20FNO3/c1-12-4-5-13-10-14(20)6-9-17(13)21(12)19(22)16-8-7-15(23-2)11-18(16)24-3/h6-12H,4-5H2,1-3H3. The molecule has 1 heterocycles. The second-order valence-electron chi connectivity index (χ2n) is 5.90. The molecule has 0 spiro atoms. The van der Waals surface area contributed by atoms with E-state index < -0.39 is 0 Å². The molecule has 0 N–H and O–H groups in total. The minimum Gasteiger partial charge on any atom is -0.497 e. The van der Waals surface area contributed by atoms with Crippen molar-refractivity contribution in [1.29, 1.82) is 0 Å². The summed E-state index contributed by atoms with van der Waals surface area (Å²) in [7, 11) is 3.09. The zero-order valence-corrected chi connectivity index (χ0v) is 14.0. The van der Waals surface area contributed by atoms with Gasteiger partial charge in [0.25, 0.3) is 5.91 Å². The third-order valence-corrected chi connectivity index (χ3v) is 4.43. The van der Waals surface area contributed by atoms with Gasteiger partial charge in [0.15, 0.2) is 0 Å². The van der Waals surface area contributed by atoms with E-state index in [2.05, 4.69) is 0 Å². The van der Waals surface area contributed by atoms with E-state index in [4.69, 9.17) is 9.47 Å². The van der Waals surface area contributed by atoms with E-state index in [-0.39, 0.29) is 17.8 Å². The van der Waals surface area contributed by atoms with E-state index in [0.717, 1.165) is 24.1 Å². The molecule has 24 heavy (non-hydrogen) atoms. The first-order chi connectivity index (χ1) is 11.5. The van der Waals surface area contributed by atoms with Crippen LogP contribution >= 0.6 is 0 Å². The molecule has 1 unspecified atom stereocenters. The number of halogens is 1. The summed E-state index contributed by atoms with van der Waals surface area (Å²) in [6.45, 7) is 2.00. The van der Waals surface area contributed by atoms with Crippen molar-refractivity contribution < 1.29 is 18.7 Å². The Morgan fingerprint density at radius 3 is 2.67 bits per heavy atom. The third-order valence-electron chi connectivity index (χ3n) is 4.43. The van der Waals surface area contributed by atoms with Gasteiger partial charge in [-0.3, -0.25) is 4.79 Å². The Morgan fingerprint density at radius 1 is 1.17 bits per heavy atom. The highest BCUT2D eigenvalue weighted by Gasteiger charge is 2.30. The van der Waals surface area contributed by atoms with E-state index >= 15 is 0 Å². The van der Waals surface area contributed by atoms with Crippen LogP contribution in [0.2, 0.25) is 0 Å². The minimum atomic E-state index is -0.280. The summed E-state index contributed by atoms with van der Waals surface area (Å²) in [5.41, 5.74) is 2.08. The number of nitrogens with zero attached hydrogens (tertiary/aromatic N) is 1. The number of benzene rings is 2. The van der Waals surface area contributed by atoms with Gasteiger partial charge in [-0.05, 0) is 55.7 Å². The molecule has 1 atom stereocenters. The molecule has 0 saturated heterocycles. The van der Waals surface area contributed by atoms with Crippen molar-refractivity contribution in [3.63, 3.8) is 0 Å². The molecular weight excluding hydrogens is 309 g/mol. The van der Waals surface area contributed by atoms with Gasteiger partial charge in [-0.15, -0.1) is 0 Å². The number of carbonyl (C=O) groups excluding carboxylic acids is 1. The Morgan fingerprint density at radius 2 is 1.96 bits per heavy atom. The van der Waals surface area contributed by atoms with Gasteiger partial charge in [0.05, 0.1) is 19.8 Å². The molecule has 0 saturated carbocycles. The van der Waals surface area contributed by atoms with E-state index in [0.29, 0.717) is 17.1 Å². The van der Waals surface area contributed by atoms with Gasteiger partial charge < -0.3 is 14.4 Å². The van der Waals surface area contributed by atoms with Gasteiger partial charge in [0.1, 0.15) is 17.3 Å². The number of fused-ring (bicyclic) bond motifs is 1. The van der Waals surface area contributed by atoms with Crippen molar-refractivity contribution in [3.05, 3.63) is 53.3 Å². The lowest BCUT2D eigenvalue weighted by atomic mass is 9.95. The normalized spacial score (nSPS) is 16.5. The number of hydrogen-bond donors (Lipinski definition) is 0. The summed E-state index contributed by atoms with van der Waals surface area (Å²) in [4.78, 5) is 14.9. The van der Waals surface area contributed by atoms with Crippen LogP contribution in [0.3, 0.4) is 0 Å². The number of carbonyl (C=O) groups is 1. The van der Waals surface area contributed by atoms with Gasteiger partial charge in [-0.2, -0.15) is 0 Å². The van der Waals surface area contributed by atoms with Crippen LogP contribution in [0.4, 0.5) is 10.1 Å². The van der Waals surface area contributed by atoms with Crippen molar-refractivity contribution in [1.82, 2.24) is 0 Å². The second kappa shape index (κ2) is 6.51. The summed E-state index contributed by atoms with van der Waals surface area (Å²) in [5.74, 6) is 0.644. The van der Waals surface area contributed by atoms with Crippen LogP contribution in [-0.2, 0) is 6.42 Å². The maximum atomic E-state index is 13.5. The molecule has 4 nitrogen and oxygen atoms in total. The first kappa shape index (κ1) is 16.3. The molecule has 0 aliphatic carbocycles. The van der Waals surface area contributed by atoms with Crippen LogP contribution in [0.25, 0.3) is 0 Å². The highest BCUT2D eigenvalue weighted by atomic mass is 19.1. The summed E-state index contributed by atoms with van der Waals surface area (Å²) in [5, 5.41) is 0. The van der Waals surface area contributed by atoms with Crippen molar-refractivity contribution in [3.8, 4) is 11.5 Å². The number of amides is 1. The molecule has 0 bridgehead atoms. The smallest absolute Gasteiger partial charge is 0.262 e. The fourth-order valence-corrected chi connectivity index (χ4v) is 3.13. The molecule has 3 rings (SSSR count). The molecular formula is C19H20FNO3. The SMILES string of the molecule is COc1ccc(C(=O)N2c3ccc(F)cc3CCC2C)c(OC)c1. The molecule has 5 heteroatoms. The number of methoxy groups -OCH3 is 2. The first-order valence-corrected chi connectivity index (χ1v) is 7.89. The summed E-state index contributed by atoms with van der Waals surface area (Å²) in [6, 6.07) is 9.72. The van der Waals surface area contributed by atoms with Crippen molar-refractivity contribution in [2.24, 2.45) is 0 Å². The highest BCUT2D eigenvalue weighted by molar-refractivity contribution is 6.09. The zero-order chi connectivity index (χ0) is 17.3. The monoisotopic (exact) mass is 329 g/mol. The predicted molar refractivity (Wildman–Crippen MR) is 90.5 cm³/mol. The third kappa shape index (κ3) is 2.82. The molecule has 1 amide bonds. The fraction of sp³-hybridized carbons (Fsp3) is 0.316. The van der Waals surface area contributed by atoms with Crippen molar-refractivity contribution in [2.45, 2.75) is 25.8 Å². The molecule has 126 valence electrons. The summed E-state index contributed by atoms with van der Waals surface area (Å²) in [6.07, 6.45) is 1.55. The Bertz CT molecular complexity index is 775. The van der Waals surface area contributed by atoms with E-state index in [1.165, 1.54) is 19.2 Å². The maximum absolute atomic E-state index is 13.5. The Kier molecular flexibility index (Phi) is 4.42. The van der Waals surface area contributed by atoms with Crippen LogP contribution < -0.4 is 14.4 Å². The Hall–Kier alpha value is -2.56. The second-order valence-corrected chi connectivity index (χ2v) is 5.90. The maximum Gasteiger partial charge on any atom is 0.262 e. The zero-order valence-electron chi connectivity index (χ0n) is 14.0. The van der Waals surface area contributed by atoms with Gasteiger partial charge >= 0.3 is 0 Å². The van der Waals surface area contributed by atoms with Crippen molar-refractivity contribution in [2.75, 3.05) is 19.1 Å². The molecule has 2 aromatic carbocycles. The largest absolute Gasteiger partial charge is 0.497 e. The predicted octanol–water partition coefficient (Wildman–Crippen LogP) is 3.82. The van der Waals surface area contributed by atoms with Crippen LogP contribution in [0, 0.1) is 5.82 Å². The lowest BCUT2D eigenvalue weighted by Crippen LogP contribution is -2.42. The van der Waals surface area contributed by atoms with Crippen LogP contribution in [0.5, 0.6) is 11.5 Å². The summed E-state index contributed by atoms with van der Waals surface area (Å²) >= 11 is 0. The number of rotatable bonds is 3. The Balaban J connectivity index is 2.04. The van der Waals surface area contributed by atoms with Crippen LogP contribution in [0.15, 0.2) is 36.4 Å². The van der Waals surface area contributed by atoms with Gasteiger partial charge in [0.2, 0.25) is 0 Å². The molecule has 2 aromatic rings. The summed E-state index contributed by atoms with van der Waals surface area (Å²) < 4.78 is 24.0. The van der Waals surface area contributed by atoms with E-state index in [9.17, 15) is 9.18 Å². The molecule has 0 fully saturated rings.